The molecular formula is C15H21N3O4S. The maximum Gasteiger partial charge on any atom is 0.311 e. The number of piperidine rings is 1. The van der Waals surface area contributed by atoms with Crippen molar-refractivity contribution in [1.82, 2.24) is 9.88 Å². The number of thiazole rings is 1. The normalized spacial score (nSPS) is 17.7. The van der Waals surface area contributed by atoms with Crippen LogP contribution in [-0.2, 0) is 25.7 Å². The summed E-state index contributed by atoms with van der Waals surface area (Å²) in [5, 5.41) is 4.81. The number of ether oxygens (including phenoxy) is 1. The quantitative estimate of drug-likeness (QED) is 0.826. The molecule has 0 spiro atoms. The second-order valence-electron chi connectivity index (χ2n) is 5.47. The van der Waals surface area contributed by atoms with Crippen LogP contribution in [-0.4, -0.2) is 40.8 Å². The minimum atomic E-state index is -0.298. The predicted molar refractivity (Wildman–Crippen MR) is 85.8 cm³/mol. The number of carbonyl (C=O) groups excluding carboxylic acids is 3. The third kappa shape index (κ3) is 5.02. The van der Waals surface area contributed by atoms with Gasteiger partial charge < -0.3 is 15.0 Å². The van der Waals surface area contributed by atoms with E-state index in [1.807, 2.05) is 6.92 Å². The smallest absolute Gasteiger partial charge is 0.311 e. The molecule has 0 radical (unpaired) electrons. The highest BCUT2D eigenvalue weighted by molar-refractivity contribution is 7.13. The van der Waals surface area contributed by atoms with Crippen LogP contribution in [0.4, 0.5) is 5.13 Å². The molecule has 8 heteroatoms. The van der Waals surface area contributed by atoms with Gasteiger partial charge in [0.15, 0.2) is 5.13 Å². The first kappa shape index (κ1) is 17.4. The van der Waals surface area contributed by atoms with Gasteiger partial charge in [-0.05, 0) is 12.8 Å². The first-order chi connectivity index (χ1) is 11.0. The van der Waals surface area contributed by atoms with E-state index in [9.17, 15) is 14.4 Å². The van der Waals surface area contributed by atoms with E-state index < -0.39 is 0 Å². The molecule has 0 aliphatic carbocycles. The van der Waals surface area contributed by atoms with Crippen molar-refractivity contribution < 1.29 is 19.1 Å². The molecule has 1 aromatic heterocycles. The fourth-order valence-electron chi connectivity index (χ4n) is 2.46. The standard InChI is InChI=1S/C15H21N3O4S/c1-3-13(20)18-6-4-5-11(7-18)14(21)22-8-12-9-23-15(17-12)16-10(2)19/h9,11H,3-8H2,1-2H3,(H,16,17,19). The molecule has 1 aliphatic rings. The summed E-state index contributed by atoms with van der Waals surface area (Å²) in [7, 11) is 0. The predicted octanol–water partition coefficient (Wildman–Crippen LogP) is 1.79. The summed E-state index contributed by atoms with van der Waals surface area (Å²) >= 11 is 1.29. The van der Waals surface area contributed by atoms with Crippen LogP contribution in [0.3, 0.4) is 0 Å². The van der Waals surface area contributed by atoms with Crippen molar-refractivity contribution >= 4 is 34.3 Å². The number of aromatic nitrogens is 1. The number of carbonyl (C=O) groups is 3. The first-order valence-electron chi connectivity index (χ1n) is 7.66. The van der Waals surface area contributed by atoms with E-state index in [4.69, 9.17) is 4.74 Å². The van der Waals surface area contributed by atoms with Crippen molar-refractivity contribution in [3.05, 3.63) is 11.1 Å². The van der Waals surface area contributed by atoms with Crippen LogP contribution in [0.15, 0.2) is 5.38 Å². The van der Waals surface area contributed by atoms with Gasteiger partial charge in [-0.1, -0.05) is 6.92 Å². The molecule has 1 fully saturated rings. The highest BCUT2D eigenvalue weighted by atomic mass is 32.1. The zero-order valence-electron chi connectivity index (χ0n) is 13.3. The molecule has 1 atom stereocenters. The van der Waals surface area contributed by atoms with Crippen LogP contribution in [0.5, 0.6) is 0 Å². The molecule has 1 saturated heterocycles. The average Bonchev–Trinajstić information content (AvgIpc) is 2.98. The van der Waals surface area contributed by atoms with Crippen molar-refractivity contribution in [3.63, 3.8) is 0 Å². The molecular weight excluding hydrogens is 318 g/mol. The Morgan fingerprint density at radius 3 is 2.96 bits per heavy atom. The van der Waals surface area contributed by atoms with Gasteiger partial charge in [0, 0.05) is 31.8 Å². The van der Waals surface area contributed by atoms with Gasteiger partial charge in [0.25, 0.3) is 0 Å². The van der Waals surface area contributed by atoms with Gasteiger partial charge in [-0.3, -0.25) is 14.4 Å². The summed E-state index contributed by atoms with van der Waals surface area (Å²) in [6.07, 6.45) is 2.00. The Balaban J connectivity index is 1.83. The summed E-state index contributed by atoms with van der Waals surface area (Å²) in [6.45, 7) is 4.45. The van der Waals surface area contributed by atoms with Gasteiger partial charge in [0.2, 0.25) is 11.8 Å². The summed E-state index contributed by atoms with van der Waals surface area (Å²) < 4.78 is 5.30. The lowest BCUT2D eigenvalue weighted by atomic mass is 9.98. The second-order valence-corrected chi connectivity index (χ2v) is 6.32. The molecule has 7 nitrogen and oxygen atoms in total. The molecule has 1 aromatic rings. The average molecular weight is 339 g/mol. The van der Waals surface area contributed by atoms with E-state index in [2.05, 4.69) is 10.3 Å². The van der Waals surface area contributed by atoms with E-state index in [1.165, 1.54) is 18.3 Å². The van der Waals surface area contributed by atoms with Gasteiger partial charge in [-0.25, -0.2) is 4.98 Å². The molecule has 1 N–H and O–H groups in total. The van der Waals surface area contributed by atoms with E-state index in [0.29, 0.717) is 30.3 Å². The minimum absolute atomic E-state index is 0.0713. The Kier molecular flexibility index (Phi) is 6.09. The molecule has 0 aromatic carbocycles. The van der Waals surface area contributed by atoms with Gasteiger partial charge in [0.05, 0.1) is 11.6 Å². The van der Waals surface area contributed by atoms with Crippen molar-refractivity contribution in [2.75, 3.05) is 18.4 Å². The van der Waals surface area contributed by atoms with Crippen LogP contribution in [0.1, 0.15) is 38.8 Å². The number of esters is 1. The van der Waals surface area contributed by atoms with E-state index in [0.717, 1.165) is 12.8 Å². The molecule has 2 amide bonds. The third-order valence-electron chi connectivity index (χ3n) is 3.61. The molecule has 1 unspecified atom stereocenters. The minimum Gasteiger partial charge on any atom is -0.459 e. The summed E-state index contributed by atoms with van der Waals surface area (Å²) in [6, 6.07) is 0. The van der Waals surface area contributed by atoms with E-state index >= 15 is 0 Å². The number of nitrogens with one attached hydrogen (secondary N) is 1. The number of hydrogen-bond acceptors (Lipinski definition) is 6. The molecule has 0 bridgehead atoms. The Morgan fingerprint density at radius 1 is 1.48 bits per heavy atom. The molecule has 1 aliphatic heterocycles. The van der Waals surface area contributed by atoms with Crippen LogP contribution in [0.2, 0.25) is 0 Å². The van der Waals surface area contributed by atoms with Gasteiger partial charge in [0.1, 0.15) is 6.61 Å². The first-order valence-corrected chi connectivity index (χ1v) is 8.54. The Morgan fingerprint density at radius 2 is 2.26 bits per heavy atom. The van der Waals surface area contributed by atoms with Crippen molar-refractivity contribution in [1.29, 1.82) is 0 Å². The lowest BCUT2D eigenvalue weighted by molar-refractivity contribution is -0.153. The molecule has 2 rings (SSSR count). The topological polar surface area (TPSA) is 88.6 Å². The molecule has 23 heavy (non-hydrogen) atoms. The van der Waals surface area contributed by atoms with Gasteiger partial charge in [-0.2, -0.15) is 0 Å². The molecule has 0 saturated carbocycles. The van der Waals surface area contributed by atoms with Gasteiger partial charge in [-0.15, -0.1) is 11.3 Å². The van der Waals surface area contributed by atoms with Crippen molar-refractivity contribution in [3.8, 4) is 0 Å². The van der Waals surface area contributed by atoms with Crippen molar-refractivity contribution in [2.24, 2.45) is 5.92 Å². The highest BCUT2D eigenvalue weighted by Crippen LogP contribution is 2.20. The number of rotatable bonds is 5. The fraction of sp³-hybridized carbons (Fsp3) is 0.600. The SMILES string of the molecule is CCC(=O)N1CCCC(C(=O)OCc2csc(NC(C)=O)n2)C1. The zero-order valence-corrected chi connectivity index (χ0v) is 14.1. The second kappa shape index (κ2) is 8.05. The summed E-state index contributed by atoms with van der Waals surface area (Å²) in [5.41, 5.74) is 0.601. The van der Waals surface area contributed by atoms with E-state index in [1.54, 1.807) is 10.3 Å². The van der Waals surface area contributed by atoms with Crippen LogP contribution >= 0.6 is 11.3 Å². The molecule has 2 heterocycles. The Hall–Kier alpha value is -1.96. The Bertz CT molecular complexity index is 587. The van der Waals surface area contributed by atoms with Crippen LogP contribution in [0, 0.1) is 5.92 Å². The number of amides is 2. The number of likely N-dealkylation sites (tertiary alicyclic amines) is 1. The largest absolute Gasteiger partial charge is 0.459 e. The number of hydrogen-bond donors (Lipinski definition) is 1. The van der Waals surface area contributed by atoms with Crippen LogP contribution < -0.4 is 5.32 Å². The monoisotopic (exact) mass is 339 g/mol. The van der Waals surface area contributed by atoms with Crippen LogP contribution in [0.25, 0.3) is 0 Å². The number of anilines is 1. The maximum absolute atomic E-state index is 12.2. The summed E-state index contributed by atoms with van der Waals surface area (Å²) in [4.78, 5) is 40.7. The maximum atomic E-state index is 12.2. The number of nitrogens with zero attached hydrogens (tertiary/aromatic N) is 2. The lowest BCUT2D eigenvalue weighted by Crippen LogP contribution is -2.42. The third-order valence-corrected chi connectivity index (χ3v) is 4.41. The van der Waals surface area contributed by atoms with E-state index in [-0.39, 0.29) is 30.3 Å². The summed E-state index contributed by atoms with van der Waals surface area (Å²) in [5.74, 6) is -0.687. The highest BCUT2D eigenvalue weighted by Gasteiger charge is 2.28. The fourth-order valence-corrected chi connectivity index (χ4v) is 3.20. The lowest BCUT2D eigenvalue weighted by Gasteiger charge is -2.31. The zero-order chi connectivity index (χ0) is 16.8. The molecule has 126 valence electrons. The van der Waals surface area contributed by atoms with Crippen molar-refractivity contribution in [2.45, 2.75) is 39.7 Å². The van der Waals surface area contributed by atoms with Gasteiger partial charge >= 0.3 is 5.97 Å². The Labute approximate surface area is 139 Å².